The number of rotatable bonds is 3. The standard InChI is InChI=1S/C8H13F2N3/c1-4-7(13-5(2)12-4)3-6(11)8(9)10/h6,8H,3,11H2,1-2H3,(H,12,13). The van der Waals surface area contributed by atoms with Crippen molar-refractivity contribution in [1.29, 1.82) is 0 Å². The van der Waals surface area contributed by atoms with E-state index in [1.807, 2.05) is 0 Å². The summed E-state index contributed by atoms with van der Waals surface area (Å²) < 4.78 is 24.2. The number of halogens is 2. The van der Waals surface area contributed by atoms with Gasteiger partial charge in [0, 0.05) is 12.1 Å². The van der Waals surface area contributed by atoms with Gasteiger partial charge in [-0.3, -0.25) is 0 Å². The molecule has 0 spiro atoms. The maximum atomic E-state index is 12.1. The predicted molar refractivity (Wildman–Crippen MR) is 45.7 cm³/mol. The lowest BCUT2D eigenvalue weighted by molar-refractivity contribution is 0.115. The van der Waals surface area contributed by atoms with Crippen molar-refractivity contribution in [2.45, 2.75) is 32.7 Å². The zero-order valence-electron chi connectivity index (χ0n) is 7.64. The third-order valence-corrected chi connectivity index (χ3v) is 1.86. The first-order valence-corrected chi connectivity index (χ1v) is 4.06. The molecule has 1 heterocycles. The molecule has 3 nitrogen and oxygen atoms in total. The Bertz CT molecular complexity index is 283. The van der Waals surface area contributed by atoms with Gasteiger partial charge in [-0.2, -0.15) is 0 Å². The Morgan fingerprint density at radius 3 is 2.46 bits per heavy atom. The highest BCUT2D eigenvalue weighted by Crippen LogP contribution is 2.09. The first-order chi connectivity index (χ1) is 6.00. The van der Waals surface area contributed by atoms with Gasteiger partial charge in [0.2, 0.25) is 0 Å². The van der Waals surface area contributed by atoms with E-state index in [0.717, 1.165) is 11.5 Å². The van der Waals surface area contributed by atoms with E-state index in [0.29, 0.717) is 5.69 Å². The van der Waals surface area contributed by atoms with Gasteiger partial charge in [-0.05, 0) is 13.8 Å². The highest BCUT2D eigenvalue weighted by molar-refractivity contribution is 5.13. The number of alkyl halides is 2. The molecule has 74 valence electrons. The largest absolute Gasteiger partial charge is 0.346 e. The number of imidazole rings is 1. The lowest BCUT2D eigenvalue weighted by Gasteiger charge is -2.08. The molecule has 13 heavy (non-hydrogen) atoms. The van der Waals surface area contributed by atoms with Crippen molar-refractivity contribution in [1.82, 2.24) is 9.97 Å². The quantitative estimate of drug-likeness (QED) is 0.749. The van der Waals surface area contributed by atoms with Gasteiger partial charge < -0.3 is 10.7 Å². The molecular weight excluding hydrogens is 176 g/mol. The van der Waals surface area contributed by atoms with E-state index >= 15 is 0 Å². The summed E-state index contributed by atoms with van der Waals surface area (Å²) in [5.41, 5.74) is 6.67. The summed E-state index contributed by atoms with van der Waals surface area (Å²) >= 11 is 0. The van der Waals surface area contributed by atoms with E-state index in [1.54, 1.807) is 13.8 Å². The van der Waals surface area contributed by atoms with E-state index < -0.39 is 12.5 Å². The molecule has 0 saturated carbocycles. The predicted octanol–water partition coefficient (Wildman–Crippen LogP) is 1.16. The molecule has 0 aromatic carbocycles. The van der Waals surface area contributed by atoms with Crippen molar-refractivity contribution >= 4 is 0 Å². The molecule has 0 fully saturated rings. The van der Waals surface area contributed by atoms with Gasteiger partial charge >= 0.3 is 0 Å². The number of hydrogen-bond acceptors (Lipinski definition) is 2. The normalized spacial score (nSPS) is 13.7. The molecule has 0 amide bonds. The first-order valence-electron chi connectivity index (χ1n) is 4.06. The highest BCUT2D eigenvalue weighted by Gasteiger charge is 2.18. The summed E-state index contributed by atoms with van der Waals surface area (Å²) in [6.07, 6.45) is -2.37. The van der Waals surface area contributed by atoms with E-state index in [4.69, 9.17) is 5.73 Å². The lowest BCUT2D eigenvalue weighted by Crippen LogP contribution is -2.31. The van der Waals surface area contributed by atoms with E-state index in [9.17, 15) is 8.78 Å². The van der Waals surface area contributed by atoms with Gasteiger partial charge in [-0.1, -0.05) is 0 Å². The molecule has 1 unspecified atom stereocenters. The molecule has 1 aromatic heterocycles. The molecule has 1 aromatic rings. The average Bonchev–Trinajstić information content (AvgIpc) is 2.30. The lowest BCUT2D eigenvalue weighted by atomic mass is 10.1. The molecule has 0 saturated heterocycles. The molecular formula is C8H13F2N3. The minimum atomic E-state index is -2.49. The van der Waals surface area contributed by atoms with Crippen LogP contribution < -0.4 is 5.73 Å². The van der Waals surface area contributed by atoms with Crippen LogP contribution in [0.1, 0.15) is 17.2 Å². The highest BCUT2D eigenvalue weighted by atomic mass is 19.3. The maximum Gasteiger partial charge on any atom is 0.253 e. The summed E-state index contributed by atoms with van der Waals surface area (Å²) in [4.78, 5) is 7.00. The second kappa shape index (κ2) is 3.83. The zero-order chi connectivity index (χ0) is 10.0. The Morgan fingerprint density at radius 2 is 2.08 bits per heavy atom. The van der Waals surface area contributed by atoms with Crippen molar-refractivity contribution in [2.75, 3.05) is 0 Å². The fourth-order valence-electron chi connectivity index (χ4n) is 1.17. The van der Waals surface area contributed by atoms with Gasteiger partial charge in [-0.25, -0.2) is 13.8 Å². The Balaban J connectivity index is 2.68. The van der Waals surface area contributed by atoms with Gasteiger partial charge in [0.05, 0.1) is 11.7 Å². The van der Waals surface area contributed by atoms with E-state index in [1.165, 1.54) is 0 Å². The van der Waals surface area contributed by atoms with Crippen LogP contribution in [0.4, 0.5) is 8.78 Å². The Labute approximate surface area is 75.4 Å². The first kappa shape index (κ1) is 10.1. The number of H-pyrrole nitrogens is 1. The van der Waals surface area contributed by atoms with Crippen LogP contribution in [-0.4, -0.2) is 22.4 Å². The number of aromatic nitrogens is 2. The number of nitrogens with two attached hydrogens (primary N) is 1. The Kier molecular flexibility index (Phi) is 2.98. The minimum Gasteiger partial charge on any atom is -0.346 e. The Morgan fingerprint density at radius 1 is 1.46 bits per heavy atom. The summed E-state index contributed by atoms with van der Waals surface area (Å²) in [6.45, 7) is 3.58. The molecule has 0 aliphatic heterocycles. The van der Waals surface area contributed by atoms with Gasteiger partial charge in [0.1, 0.15) is 5.82 Å². The second-order valence-corrected chi connectivity index (χ2v) is 3.10. The number of nitrogens with zero attached hydrogens (tertiary/aromatic N) is 1. The topological polar surface area (TPSA) is 54.7 Å². The Hall–Kier alpha value is -0.970. The van der Waals surface area contributed by atoms with Gasteiger partial charge in [0.15, 0.2) is 0 Å². The van der Waals surface area contributed by atoms with Crippen LogP contribution in [0.15, 0.2) is 0 Å². The number of nitrogens with one attached hydrogen (secondary N) is 1. The third-order valence-electron chi connectivity index (χ3n) is 1.86. The summed E-state index contributed by atoms with van der Waals surface area (Å²) in [6, 6.07) is -1.12. The molecule has 0 aliphatic carbocycles. The zero-order valence-corrected chi connectivity index (χ0v) is 7.64. The fourth-order valence-corrected chi connectivity index (χ4v) is 1.17. The number of aryl methyl sites for hydroxylation is 2. The second-order valence-electron chi connectivity index (χ2n) is 3.10. The molecule has 0 radical (unpaired) electrons. The van der Waals surface area contributed by atoms with Crippen molar-refractivity contribution < 1.29 is 8.78 Å². The van der Waals surface area contributed by atoms with Crippen LogP contribution in [0, 0.1) is 13.8 Å². The van der Waals surface area contributed by atoms with Crippen LogP contribution in [0.3, 0.4) is 0 Å². The third kappa shape index (κ3) is 2.48. The SMILES string of the molecule is Cc1nc(CC(N)C(F)F)c(C)[nH]1. The molecule has 5 heteroatoms. The van der Waals surface area contributed by atoms with Crippen molar-refractivity contribution in [2.24, 2.45) is 5.73 Å². The summed E-state index contributed by atoms with van der Waals surface area (Å²) in [7, 11) is 0. The average molecular weight is 189 g/mol. The molecule has 1 rings (SSSR count). The van der Waals surface area contributed by atoms with Crippen LogP contribution >= 0.6 is 0 Å². The number of aromatic amines is 1. The van der Waals surface area contributed by atoms with Crippen molar-refractivity contribution in [3.05, 3.63) is 17.2 Å². The van der Waals surface area contributed by atoms with Crippen LogP contribution in [0.2, 0.25) is 0 Å². The summed E-state index contributed by atoms with van der Waals surface area (Å²) in [5, 5.41) is 0. The number of hydrogen-bond donors (Lipinski definition) is 2. The van der Waals surface area contributed by atoms with Gasteiger partial charge in [0.25, 0.3) is 6.43 Å². The maximum absolute atomic E-state index is 12.1. The van der Waals surface area contributed by atoms with Crippen LogP contribution in [0.5, 0.6) is 0 Å². The van der Waals surface area contributed by atoms with Crippen LogP contribution in [0.25, 0.3) is 0 Å². The molecule has 0 bridgehead atoms. The van der Waals surface area contributed by atoms with E-state index in [-0.39, 0.29) is 6.42 Å². The van der Waals surface area contributed by atoms with Crippen molar-refractivity contribution in [3.63, 3.8) is 0 Å². The molecule has 0 aliphatic rings. The summed E-state index contributed by atoms with van der Waals surface area (Å²) in [5.74, 6) is 0.731. The molecule has 3 N–H and O–H groups in total. The van der Waals surface area contributed by atoms with Crippen LogP contribution in [-0.2, 0) is 6.42 Å². The minimum absolute atomic E-state index is 0.119. The smallest absolute Gasteiger partial charge is 0.253 e. The fraction of sp³-hybridized carbons (Fsp3) is 0.625. The van der Waals surface area contributed by atoms with Crippen molar-refractivity contribution in [3.8, 4) is 0 Å². The molecule has 1 atom stereocenters. The van der Waals surface area contributed by atoms with E-state index in [2.05, 4.69) is 9.97 Å². The van der Waals surface area contributed by atoms with Gasteiger partial charge in [-0.15, -0.1) is 0 Å². The monoisotopic (exact) mass is 189 g/mol.